The van der Waals surface area contributed by atoms with Crippen molar-refractivity contribution in [1.29, 1.82) is 0 Å². The van der Waals surface area contributed by atoms with Crippen LogP contribution in [0.3, 0.4) is 0 Å². The average molecular weight is 443 g/mol. The maximum absolute atomic E-state index is 12.7. The van der Waals surface area contributed by atoms with Crippen LogP contribution in [0.2, 0.25) is 5.02 Å². The summed E-state index contributed by atoms with van der Waals surface area (Å²) in [5.74, 6) is 1.95. The first-order valence-electron chi connectivity index (χ1n) is 10.8. The van der Waals surface area contributed by atoms with Gasteiger partial charge in [-0.25, -0.2) is 4.79 Å². The third-order valence-corrected chi connectivity index (χ3v) is 6.21. The van der Waals surface area contributed by atoms with E-state index in [0.717, 1.165) is 46.9 Å². The predicted octanol–water partition coefficient (Wildman–Crippen LogP) is 6.49. The Kier molecular flexibility index (Phi) is 6.42. The van der Waals surface area contributed by atoms with Crippen LogP contribution in [0, 0.1) is 13.8 Å². The zero-order chi connectivity index (χ0) is 22.0. The quantitative estimate of drug-likeness (QED) is 0.294. The van der Waals surface area contributed by atoms with E-state index in [9.17, 15) is 4.79 Å². The molecule has 31 heavy (non-hydrogen) atoms. The van der Waals surface area contributed by atoms with Gasteiger partial charge in [0.2, 0.25) is 6.79 Å². The second-order valence-corrected chi connectivity index (χ2v) is 8.36. The molecule has 0 saturated heterocycles. The number of fused-ring (bicyclic) bond motifs is 2. The average Bonchev–Trinajstić information content (AvgIpc) is 3.20. The predicted molar refractivity (Wildman–Crippen MR) is 122 cm³/mol. The Hall–Kier alpha value is -2.66. The molecule has 2 heterocycles. The van der Waals surface area contributed by atoms with Gasteiger partial charge in [-0.15, -0.1) is 0 Å². The first kappa shape index (κ1) is 21.6. The number of hydrogen-bond donors (Lipinski definition) is 0. The number of rotatable bonds is 8. The minimum Gasteiger partial charge on any atom is -0.488 e. The molecule has 0 amide bonds. The Balaban J connectivity index is 1.57. The van der Waals surface area contributed by atoms with Crippen molar-refractivity contribution in [3.63, 3.8) is 0 Å². The van der Waals surface area contributed by atoms with Gasteiger partial charge in [0.1, 0.15) is 17.9 Å². The maximum Gasteiger partial charge on any atom is 0.339 e. The lowest BCUT2D eigenvalue weighted by atomic mass is 9.99. The van der Waals surface area contributed by atoms with Gasteiger partial charge in [0.15, 0.2) is 11.5 Å². The van der Waals surface area contributed by atoms with Gasteiger partial charge >= 0.3 is 5.63 Å². The number of aryl methyl sites for hydroxylation is 2. The lowest BCUT2D eigenvalue weighted by Crippen LogP contribution is -2.11. The number of unbranched alkanes of at least 4 members (excludes halogenated alkanes) is 3. The van der Waals surface area contributed by atoms with Crippen LogP contribution in [0.5, 0.6) is 17.2 Å². The van der Waals surface area contributed by atoms with Gasteiger partial charge < -0.3 is 18.6 Å². The fourth-order valence-electron chi connectivity index (χ4n) is 3.97. The molecule has 0 fully saturated rings. The van der Waals surface area contributed by atoms with E-state index in [-0.39, 0.29) is 19.0 Å². The molecule has 0 saturated carbocycles. The summed E-state index contributed by atoms with van der Waals surface area (Å²) < 4.78 is 22.5. The van der Waals surface area contributed by atoms with E-state index in [1.807, 2.05) is 32.0 Å². The Labute approximate surface area is 186 Å². The van der Waals surface area contributed by atoms with Gasteiger partial charge in [-0.2, -0.15) is 0 Å². The SMILES string of the molecule is CCCCCCc1c(C)c2ccc(OCc3cc4c(cc3Cl)OCO4)c(C)c2oc1=O. The van der Waals surface area contributed by atoms with Gasteiger partial charge in [-0.3, -0.25) is 0 Å². The van der Waals surface area contributed by atoms with Crippen molar-refractivity contribution in [3.8, 4) is 17.2 Å². The highest BCUT2D eigenvalue weighted by Crippen LogP contribution is 2.37. The molecule has 1 aliphatic heterocycles. The summed E-state index contributed by atoms with van der Waals surface area (Å²) in [6.07, 6.45) is 5.24. The zero-order valence-electron chi connectivity index (χ0n) is 18.2. The molecule has 3 aromatic rings. The molecule has 1 aromatic heterocycles. The highest BCUT2D eigenvalue weighted by Gasteiger charge is 2.18. The minimum atomic E-state index is -0.249. The third-order valence-electron chi connectivity index (χ3n) is 5.86. The second-order valence-electron chi connectivity index (χ2n) is 7.95. The van der Waals surface area contributed by atoms with Crippen LogP contribution < -0.4 is 19.8 Å². The summed E-state index contributed by atoms with van der Waals surface area (Å²) in [6, 6.07) is 7.45. The molecule has 0 aliphatic carbocycles. The number of benzene rings is 2. The van der Waals surface area contributed by atoms with Crippen molar-refractivity contribution in [2.45, 2.75) is 59.5 Å². The van der Waals surface area contributed by atoms with Gasteiger partial charge in [0, 0.05) is 28.1 Å². The minimum absolute atomic E-state index is 0.193. The topological polar surface area (TPSA) is 57.9 Å². The standard InChI is InChI=1S/C25H27ClO5/c1-4-5-6-7-8-19-15(2)18-9-10-21(16(3)24(18)31-25(19)27)28-13-17-11-22-23(12-20(17)26)30-14-29-22/h9-12H,4-8,13-14H2,1-3H3. The lowest BCUT2D eigenvalue weighted by Gasteiger charge is -2.14. The van der Waals surface area contributed by atoms with Crippen molar-refractivity contribution in [2.24, 2.45) is 0 Å². The van der Waals surface area contributed by atoms with Gasteiger partial charge in [0.25, 0.3) is 0 Å². The molecule has 6 heteroatoms. The van der Waals surface area contributed by atoms with E-state index in [1.54, 1.807) is 6.07 Å². The van der Waals surface area contributed by atoms with Crippen LogP contribution in [-0.2, 0) is 13.0 Å². The van der Waals surface area contributed by atoms with E-state index in [0.29, 0.717) is 27.9 Å². The molecule has 4 rings (SSSR count). The fourth-order valence-corrected chi connectivity index (χ4v) is 4.18. The molecule has 0 spiro atoms. The van der Waals surface area contributed by atoms with E-state index in [1.165, 1.54) is 12.8 Å². The summed E-state index contributed by atoms with van der Waals surface area (Å²) in [4.78, 5) is 12.7. The number of hydrogen-bond acceptors (Lipinski definition) is 5. The summed E-state index contributed by atoms with van der Waals surface area (Å²) >= 11 is 6.35. The molecule has 164 valence electrons. The number of ether oxygens (including phenoxy) is 3. The van der Waals surface area contributed by atoms with Gasteiger partial charge in [-0.05, 0) is 50.5 Å². The van der Waals surface area contributed by atoms with Crippen LogP contribution in [0.15, 0.2) is 33.5 Å². The van der Waals surface area contributed by atoms with E-state index in [2.05, 4.69) is 6.92 Å². The molecule has 2 aromatic carbocycles. The van der Waals surface area contributed by atoms with Crippen LogP contribution in [0.25, 0.3) is 11.0 Å². The zero-order valence-corrected chi connectivity index (χ0v) is 18.9. The van der Waals surface area contributed by atoms with Crippen molar-refractivity contribution in [2.75, 3.05) is 6.79 Å². The molecule has 5 nitrogen and oxygen atoms in total. The van der Waals surface area contributed by atoms with Crippen LogP contribution in [0.4, 0.5) is 0 Å². The smallest absolute Gasteiger partial charge is 0.339 e. The molecule has 0 atom stereocenters. The summed E-state index contributed by atoms with van der Waals surface area (Å²) in [6.45, 7) is 6.54. The van der Waals surface area contributed by atoms with Crippen molar-refractivity contribution in [3.05, 3.63) is 62.0 Å². The molecular formula is C25H27ClO5. The molecule has 0 bridgehead atoms. The Morgan fingerprint density at radius 3 is 2.58 bits per heavy atom. The van der Waals surface area contributed by atoms with Gasteiger partial charge in [-0.1, -0.05) is 37.8 Å². The second kappa shape index (κ2) is 9.23. The molecule has 0 unspecified atom stereocenters. The van der Waals surface area contributed by atoms with Crippen LogP contribution >= 0.6 is 11.6 Å². The normalized spacial score (nSPS) is 12.5. The monoisotopic (exact) mass is 442 g/mol. The first-order valence-corrected chi connectivity index (χ1v) is 11.1. The summed E-state index contributed by atoms with van der Waals surface area (Å²) in [7, 11) is 0. The molecule has 0 radical (unpaired) electrons. The highest BCUT2D eigenvalue weighted by molar-refractivity contribution is 6.31. The Bertz CT molecular complexity index is 1170. The van der Waals surface area contributed by atoms with Crippen molar-refractivity contribution >= 4 is 22.6 Å². The Morgan fingerprint density at radius 2 is 1.81 bits per heavy atom. The van der Waals surface area contributed by atoms with Crippen molar-refractivity contribution in [1.82, 2.24) is 0 Å². The van der Waals surface area contributed by atoms with Crippen molar-refractivity contribution < 1.29 is 18.6 Å². The van der Waals surface area contributed by atoms with Crippen LogP contribution in [-0.4, -0.2) is 6.79 Å². The molecule has 0 N–H and O–H groups in total. The van der Waals surface area contributed by atoms with E-state index < -0.39 is 0 Å². The molecule has 1 aliphatic rings. The summed E-state index contributed by atoms with van der Waals surface area (Å²) in [5.41, 5.74) is 3.70. The summed E-state index contributed by atoms with van der Waals surface area (Å²) in [5, 5.41) is 1.51. The fraction of sp³-hybridized carbons (Fsp3) is 0.400. The first-order chi connectivity index (χ1) is 15.0. The largest absolute Gasteiger partial charge is 0.488 e. The third kappa shape index (κ3) is 4.38. The highest BCUT2D eigenvalue weighted by atomic mass is 35.5. The van der Waals surface area contributed by atoms with E-state index >= 15 is 0 Å². The Morgan fingerprint density at radius 1 is 1.03 bits per heavy atom. The molecular weight excluding hydrogens is 416 g/mol. The van der Waals surface area contributed by atoms with Crippen LogP contribution in [0.1, 0.15) is 54.9 Å². The van der Waals surface area contributed by atoms with Gasteiger partial charge in [0.05, 0.1) is 5.02 Å². The van der Waals surface area contributed by atoms with E-state index in [4.69, 9.17) is 30.2 Å². The number of halogens is 1. The lowest BCUT2D eigenvalue weighted by molar-refractivity contribution is 0.174. The maximum atomic E-state index is 12.7.